The molecule has 0 fully saturated rings. The van der Waals surface area contributed by atoms with Gasteiger partial charge in [0.05, 0.1) is 0 Å². The number of hydrogen-bond acceptors (Lipinski definition) is 3. The molecule has 4 aromatic rings. The van der Waals surface area contributed by atoms with E-state index in [2.05, 4.69) is 55.8 Å². The zero-order valence-corrected chi connectivity index (χ0v) is 22.9. The van der Waals surface area contributed by atoms with E-state index >= 15 is 0 Å². The highest BCUT2D eigenvalue weighted by Gasteiger charge is 2.20. The standard InChI is InChI=1S/C28H22I2N2O3/c29-23-12-4-10-21(15-23)27(33)31-26(32-28(34)22-11-5-13-24(30)16-22)20-9-6-14-25(17-20)35-18-19-7-2-1-3-8-19/h1-17,26H,18H2,(H,31,33)(H,32,34). The second-order valence-electron chi connectivity index (χ2n) is 7.75. The zero-order chi connectivity index (χ0) is 24.6. The number of amides is 2. The minimum atomic E-state index is -0.758. The van der Waals surface area contributed by atoms with E-state index in [-0.39, 0.29) is 11.8 Å². The van der Waals surface area contributed by atoms with E-state index in [4.69, 9.17) is 4.74 Å². The van der Waals surface area contributed by atoms with Crippen LogP contribution in [0.2, 0.25) is 0 Å². The molecular formula is C28H22I2N2O3. The van der Waals surface area contributed by atoms with Crippen molar-refractivity contribution in [2.45, 2.75) is 12.8 Å². The van der Waals surface area contributed by atoms with Crippen molar-refractivity contribution in [3.8, 4) is 5.75 Å². The first-order valence-corrected chi connectivity index (χ1v) is 13.0. The van der Waals surface area contributed by atoms with Gasteiger partial charge >= 0.3 is 0 Å². The maximum absolute atomic E-state index is 13.1. The van der Waals surface area contributed by atoms with E-state index in [9.17, 15) is 9.59 Å². The summed E-state index contributed by atoms with van der Waals surface area (Å²) in [5, 5.41) is 5.92. The predicted octanol–water partition coefficient (Wildman–Crippen LogP) is 6.33. The largest absolute Gasteiger partial charge is 0.489 e. The Morgan fingerprint density at radius 1 is 0.686 bits per heavy atom. The van der Waals surface area contributed by atoms with E-state index in [0.29, 0.717) is 29.0 Å². The molecule has 0 aliphatic carbocycles. The van der Waals surface area contributed by atoms with Crippen LogP contribution in [0.15, 0.2) is 103 Å². The van der Waals surface area contributed by atoms with Gasteiger partial charge in [0.25, 0.3) is 11.8 Å². The Hall–Kier alpha value is -2.92. The van der Waals surface area contributed by atoms with Gasteiger partial charge in [-0.3, -0.25) is 9.59 Å². The van der Waals surface area contributed by atoms with Crippen LogP contribution < -0.4 is 15.4 Å². The molecule has 0 atom stereocenters. The third-order valence-electron chi connectivity index (χ3n) is 5.16. The van der Waals surface area contributed by atoms with Crippen LogP contribution in [0.1, 0.15) is 38.0 Å². The molecule has 2 amide bonds. The molecule has 35 heavy (non-hydrogen) atoms. The minimum Gasteiger partial charge on any atom is -0.489 e. The van der Waals surface area contributed by atoms with Gasteiger partial charge in [0.1, 0.15) is 18.5 Å². The number of benzene rings is 4. The third kappa shape index (κ3) is 7.28. The second kappa shape index (κ2) is 12.2. The quantitative estimate of drug-likeness (QED) is 0.168. The molecule has 4 rings (SSSR count). The van der Waals surface area contributed by atoms with Crippen LogP contribution in [0.25, 0.3) is 0 Å². The molecule has 7 heteroatoms. The number of hydrogen-bond donors (Lipinski definition) is 2. The topological polar surface area (TPSA) is 67.4 Å². The Bertz CT molecular complexity index is 1270. The van der Waals surface area contributed by atoms with Crippen LogP contribution in [-0.4, -0.2) is 11.8 Å². The molecule has 0 aliphatic rings. The van der Waals surface area contributed by atoms with Gasteiger partial charge in [-0.25, -0.2) is 0 Å². The fraction of sp³-hybridized carbons (Fsp3) is 0.0714. The number of carbonyl (C=O) groups excluding carboxylic acids is 2. The van der Waals surface area contributed by atoms with Gasteiger partial charge in [-0.15, -0.1) is 0 Å². The molecule has 0 unspecified atom stereocenters. The maximum atomic E-state index is 13.1. The van der Waals surface area contributed by atoms with Gasteiger partial charge in [0.2, 0.25) is 0 Å². The fourth-order valence-electron chi connectivity index (χ4n) is 3.42. The molecule has 0 aromatic heterocycles. The van der Waals surface area contributed by atoms with E-state index in [1.165, 1.54) is 0 Å². The summed E-state index contributed by atoms with van der Waals surface area (Å²) in [7, 11) is 0. The van der Waals surface area contributed by atoms with Gasteiger partial charge in [-0.2, -0.15) is 0 Å². The van der Waals surface area contributed by atoms with Crippen LogP contribution in [0.4, 0.5) is 0 Å². The second-order valence-corrected chi connectivity index (χ2v) is 10.2. The molecule has 2 N–H and O–H groups in total. The van der Waals surface area contributed by atoms with Crippen LogP contribution in [0.5, 0.6) is 5.75 Å². The number of nitrogens with one attached hydrogen (secondary N) is 2. The summed E-state index contributed by atoms with van der Waals surface area (Å²) in [6.45, 7) is 0.415. The molecule has 0 saturated heterocycles. The number of ether oxygens (including phenoxy) is 1. The molecule has 0 aliphatic heterocycles. The van der Waals surface area contributed by atoms with Crippen molar-refractivity contribution < 1.29 is 14.3 Å². The smallest absolute Gasteiger partial charge is 0.253 e. The monoisotopic (exact) mass is 688 g/mol. The molecule has 4 aromatic carbocycles. The first-order valence-electron chi connectivity index (χ1n) is 10.9. The summed E-state index contributed by atoms with van der Waals surface area (Å²) in [5.41, 5.74) is 2.78. The van der Waals surface area contributed by atoms with Crippen LogP contribution in [-0.2, 0) is 6.61 Å². The van der Waals surface area contributed by atoms with Crippen molar-refractivity contribution in [2.75, 3.05) is 0 Å². The Kier molecular flexibility index (Phi) is 8.75. The number of carbonyl (C=O) groups is 2. The average Bonchev–Trinajstić information content (AvgIpc) is 2.88. The Balaban J connectivity index is 1.57. The van der Waals surface area contributed by atoms with Crippen molar-refractivity contribution in [1.29, 1.82) is 0 Å². The van der Waals surface area contributed by atoms with E-state index < -0.39 is 6.17 Å². The Morgan fingerprint density at radius 2 is 1.26 bits per heavy atom. The van der Waals surface area contributed by atoms with Gasteiger partial charge in [-0.05, 0) is 105 Å². The van der Waals surface area contributed by atoms with Crippen molar-refractivity contribution in [1.82, 2.24) is 10.6 Å². The van der Waals surface area contributed by atoms with Crippen molar-refractivity contribution in [3.63, 3.8) is 0 Å². The molecule has 0 spiro atoms. The van der Waals surface area contributed by atoms with E-state index in [1.807, 2.05) is 78.9 Å². The first-order chi connectivity index (χ1) is 17.0. The molecule has 5 nitrogen and oxygen atoms in total. The number of halogens is 2. The summed E-state index contributed by atoms with van der Waals surface area (Å²) in [6.07, 6.45) is -0.758. The Labute approximate surface area is 231 Å². The summed E-state index contributed by atoms with van der Waals surface area (Å²) in [5.74, 6) is 0.0718. The number of rotatable bonds is 8. The highest BCUT2D eigenvalue weighted by Crippen LogP contribution is 2.21. The van der Waals surface area contributed by atoms with Gasteiger partial charge in [0, 0.05) is 18.3 Å². The third-order valence-corrected chi connectivity index (χ3v) is 6.51. The lowest BCUT2D eigenvalue weighted by Gasteiger charge is -2.22. The summed E-state index contributed by atoms with van der Waals surface area (Å²) < 4.78 is 7.87. The van der Waals surface area contributed by atoms with Crippen molar-refractivity contribution in [3.05, 3.63) is 133 Å². The lowest BCUT2D eigenvalue weighted by molar-refractivity contribution is 0.0883. The van der Waals surface area contributed by atoms with Crippen LogP contribution >= 0.6 is 45.2 Å². The van der Waals surface area contributed by atoms with Gasteiger partial charge < -0.3 is 15.4 Å². The van der Waals surface area contributed by atoms with E-state index in [1.54, 1.807) is 24.3 Å². The molecule has 0 saturated carbocycles. The molecule has 0 bridgehead atoms. The zero-order valence-electron chi connectivity index (χ0n) is 18.6. The highest BCUT2D eigenvalue weighted by molar-refractivity contribution is 14.1. The van der Waals surface area contributed by atoms with Gasteiger partial charge in [0.15, 0.2) is 0 Å². The van der Waals surface area contributed by atoms with E-state index in [0.717, 1.165) is 12.7 Å². The lowest BCUT2D eigenvalue weighted by atomic mass is 10.1. The SMILES string of the molecule is O=C(NC(NC(=O)c1cccc(I)c1)c1cccc(OCc2ccccc2)c1)c1cccc(I)c1. The van der Waals surface area contributed by atoms with Crippen LogP contribution in [0, 0.1) is 7.14 Å². The van der Waals surface area contributed by atoms with Crippen LogP contribution in [0.3, 0.4) is 0 Å². The van der Waals surface area contributed by atoms with Gasteiger partial charge in [-0.1, -0.05) is 54.6 Å². The molecular weight excluding hydrogens is 666 g/mol. The summed E-state index contributed by atoms with van der Waals surface area (Å²) >= 11 is 4.33. The summed E-state index contributed by atoms with van der Waals surface area (Å²) in [4.78, 5) is 26.1. The normalized spacial score (nSPS) is 10.6. The molecule has 176 valence electrons. The molecule has 0 heterocycles. The molecule has 0 radical (unpaired) electrons. The fourth-order valence-corrected chi connectivity index (χ4v) is 4.50. The van der Waals surface area contributed by atoms with Crippen molar-refractivity contribution in [2.24, 2.45) is 0 Å². The minimum absolute atomic E-state index is 0.285. The average molecular weight is 688 g/mol. The summed E-state index contributed by atoms with van der Waals surface area (Å²) in [6, 6.07) is 31.8. The Morgan fingerprint density at radius 3 is 1.83 bits per heavy atom. The maximum Gasteiger partial charge on any atom is 0.253 e. The van der Waals surface area contributed by atoms with Crippen molar-refractivity contribution >= 4 is 57.0 Å². The highest BCUT2D eigenvalue weighted by atomic mass is 127. The first kappa shape index (κ1) is 25.2. The predicted molar refractivity (Wildman–Crippen MR) is 153 cm³/mol. The lowest BCUT2D eigenvalue weighted by Crippen LogP contribution is -2.41.